The Bertz CT molecular complexity index is 422. The molecule has 0 bridgehead atoms. The minimum atomic E-state index is 0.0400. The minimum absolute atomic E-state index is 0.0400. The topological polar surface area (TPSA) is 74.9 Å². The predicted octanol–water partition coefficient (Wildman–Crippen LogP) is 1.36. The van der Waals surface area contributed by atoms with Crippen LogP contribution in [0.15, 0.2) is 30.5 Å². The maximum absolute atomic E-state index is 9.05. The molecule has 4 nitrogen and oxygen atoms in total. The second-order valence-corrected chi connectivity index (χ2v) is 2.70. The van der Waals surface area contributed by atoms with Crippen molar-refractivity contribution in [2.75, 3.05) is 5.73 Å². The van der Waals surface area contributed by atoms with Crippen molar-refractivity contribution in [1.82, 2.24) is 9.97 Å². The highest BCUT2D eigenvalue weighted by Crippen LogP contribution is 2.23. The Morgan fingerprint density at radius 2 is 2.08 bits per heavy atom. The van der Waals surface area contributed by atoms with Crippen LogP contribution in [0.3, 0.4) is 0 Å². The van der Waals surface area contributed by atoms with Gasteiger partial charge < -0.3 is 15.8 Å². The Labute approximate surface area is 75.1 Å². The first-order valence-electron chi connectivity index (χ1n) is 3.86. The van der Waals surface area contributed by atoms with Gasteiger partial charge in [0.05, 0.1) is 6.20 Å². The van der Waals surface area contributed by atoms with Crippen LogP contribution in [-0.2, 0) is 0 Å². The number of anilines is 1. The number of hydrogen-bond acceptors (Lipinski definition) is 3. The van der Waals surface area contributed by atoms with Gasteiger partial charge in [-0.05, 0) is 12.1 Å². The van der Waals surface area contributed by atoms with E-state index in [9.17, 15) is 0 Å². The molecule has 4 heteroatoms. The summed E-state index contributed by atoms with van der Waals surface area (Å²) in [5.74, 6) is 0.619. The second-order valence-electron chi connectivity index (χ2n) is 2.70. The molecule has 1 aromatic heterocycles. The molecule has 0 radical (unpaired) electrons. The molecule has 0 saturated heterocycles. The third-order valence-corrected chi connectivity index (χ3v) is 1.78. The van der Waals surface area contributed by atoms with E-state index in [4.69, 9.17) is 10.8 Å². The lowest BCUT2D eigenvalue weighted by atomic mass is 10.2. The number of benzene rings is 1. The summed E-state index contributed by atoms with van der Waals surface area (Å²) in [6, 6.07) is 7.34. The number of aromatic amines is 1. The number of rotatable bonds is 1. The number of hydrogen-bond donors (Lipinski definition) is 3. The molecule has 0 saturated carbocycles. The highest BCUT2D eigenvalue weighted by molar-refractivity contribution is 5.71. The van der Waals surface area contributed by atoms with Crippen molar-refractivity contribution in [3.8, 4) is 17.3 Å². The first-order valence-corrected chi connectivity index (χ1v) is 3.86. The number of H-pyrrole nitrogens is 1. The summed E-state index contributed by atoms with van der Waals surface area (Å²) in [5.41, 5.74) is 7.15. The highest BCUT2D eigenvalue weighted by atomic mass is 16.3. The molecule has 0 aliphatic heterocycles. The molecular weight excluding hydrogens is 166 g/mol. The van der Waals surface area contributed by atoms with Gasteiger partial charge in [-0.1, -0.05) is 12.1 Å². The van der Waals surface area contributed by atoms with Crippen molar-refractivity contribution in [2.45, 2.75) is 0 Å². The molecular formula is C9H9N3O. The lowest BCUT2D eigenvalue weighted by Crippen LogP contribution is -1.89. The third-order valence-electron chi connectivity index (χ3n) is 1.78. The summed E-state index contributed by atoms with van der Waals surface area (Å²) in [4.78, 5) is 6.66. The molecule has 13 heavy (non-hydrogen) atoms. The fourth-order valence-electron chi connectivity index (χ4n) is 1.16. The number of aromatic hydroxyl groups is 1. The molecule has 2 rings (SSSR count). The van der Waals surface area contributed by atoms with Crippen molar-refractivity contribution in [2.24, 2.45) is 0 Å². The Morgan fingerprint density at radius 3 is 2.69 bits per heavy atom. The van der Waals surface area contributed by atoms with E-state index in [0.717, 1.165) is 5.56 Å². The summed E-state index contributed by atoms with van der Waals surface area (Å²) < 4.78 is 0. The average Bonchev–Trinajstić information content (AvgIpc) is 2.53. The molecule has 1 heterocycles. The molecule has 0 amide bonds. The van der Waals surface area contributed by atoms with Gasteiger partial charge in [-0.3, -0.25) is 0 Å². The normalized spacial score (nSPS) is 10.2. The number of nitrogen functional groups attached to an aromatic ring is 1. The van der Waals surface area contributed by atoms with E-state index >= 15 is 0 Å². The van der Waals surface area contributed by atoms with Gasteiger partial charge in [0.2, 0.25) is 5.88 Å². The number of nitrogens with zero attached hydrogens (tertiary/aromatic N) is 1. The number of nitrogens with one attached hydrogen (secondary N) is 1. The maximum Gasteiger partial charge on any atom is 0.208 e. The van der Waals surface area contributed by atoms with E-state index < -0.39 is 0 Å². The lowest BCUT2D eigenvalue weighted by molar-refractivity contribution is 0.457. The average molecular weight is 175 g/mol. The Hall–Kier alpha value is -1.97. The van der Waals surface area contributed by atoms with Crippen molar-refractivity contribution >= 4 is 5.69 Å². The SMILES string of the molecule is Nc1ccccc1-c1ncc(O)[nH]1. The van der Waals surface area contributed by atoms with Gasteiger partial charge >= 0.3 is 0 Å². The Morgan fingerprint density at radius 1 is 1.31 bits per heavy atom. The maximum atomic E-state index is 9.05. The van der Waals surface area contributed by atoms with Gasteiger partial charge in [0, 0.05) is 11.3 Å². The van der Waals surface area contributed by atoms with Crippen LogP contribution in [0.2, 0.25) is 0 Å². The van der Waals surface area contributed by atoms with Gasteiger partial charge in [-0.15, -0.1) is 0 Å². The summed E-state index contributed by atoms with van der Waals surface area (Å²) >= 11 is 0. The van der Waals surface area contributed by atoms with E-state index in [0.29, 0.717) is 11.5 Å². The number of imidazole rings is 1. The molecule has 0 unspecified atom stereocenters. The third kappa shape index (κ3) is 1.33. The zero-order chi connectivity index (χ0) is 9.26. The quantitative estimate of drug-likeness (QED) is 0.573. The zero-order valence-electron chi connectivity index (χ0n) is 6.86. The molecule has 0 fully saturated rings. The first kappa shape index (κ1) is 7.67. The summed E-state index contributed by atoms with van der Waals surface area (Å²) in [6.45, 7) is 0. The molecule has 0 atom stereocenters. The van der Waals surface area contributed by atoms with Crippen molar-refractivity contribution in [1.29, 1.82) is 0 Å². The summed E-state index contributed by atoms with van der Waals surface area (Å²) in [5, 5.41) is 9.05. The number of para-hydroxylation sites is 1. The van der Waals surface area contributed by atoms with E-state index in [2.05, 4.69) is 9.97 Å². The van der Waals surface area contributed by atoms with Gasteiger partial charge in [0.15, 0.2) is 0 Å². The Balaban J connectivity index is 2.52. The van der Waals surface area contributed by atoms with Crippen molar-refractivity contribution in [3.63, 3.8) is 0 Å². The van der Waals surface area contributed by atoms with Crippen molar-refractivity contribution in [3.05, 3.63) is 30.5 Å². The molecule has 4 N–H and O–H groups in total. The smallest absolute Gasteiger partial charge is 0.208 e. The molecule has 0 spiro atoms. The monoisotopic (exact) mass is 175 g/mol. The largest absolute Gasteiger partial charge is 0.493 e. The fraction of sp³-hybridized carbons (Fsp3) is 0. The van der Waals surface area contributed by atoms with Crippen LogP contribution in [-0.4, -0.2) is 15.1 Å². The van der Waals surface area contributed by atoms with Gasteiger partial charge in [0.25, 0.3) is 0 Å². The van der Waals surface area contributed by atoms with Crippen molar-refractivity contribution < 1.29 is 5.11 Å². The zero-order valence-corrected chi connectivity index (χ0v) is 6.86. The summed E-state index contributed by atoms with van der Waals surface area (Å²) in [7, 11) is 0. The predicted molar refractivity (Wildman–Crippen MR) is 50.1 cm³/mol. The van der Waals surface area contributed by atoms with Crippen LogP contribution in [0.25, 0.3) is 11.4 Å². The molecule has 1 aromatic carbocycles. The van der Waals surface area contributed by atoms with Gasteiger partial charge in [-0.25, -0.2) is 4.98 Å². The lowest BCUT2D eigenvalue weighted by Gasteiger charge is -1.99. The van der Waals surface area contributed by atoms with Gasteiger partial charge in [-0.2, -0.15) is 0 Å². The van der Waals surface area contributed by atoms with Gasteiger partial charge in [0.1, 0.15) is 5.82 Å². The minimum Gasteiger partial charge on any atom is -0.493 e. The van der Waals surface area contributed by atoms with E-state index in [-0.39, 0.29) is 5.88 Å². The van der Waals surface area contributed by atoms with E-state index in [1.54, 1.807) is 6.07 Å². The van der Waals surface area contributed by atoms with Crippen LogP contribution >= 0.6 is 0 Å². The standard InChI is InChI=1S/C9H9N3O/c10-7-4-2-1-3-6(7)9-11-5-8(13)12-9/h1-5,13H,10H2,(H,11,12). The number of aromatic nitrogens is 2. The highest BCUT2D eigenvalue weighted by Gasteiger charge is 2.04. The molecule has 0 aliphatic rings. The van der Waals surface area contributed by atoms with Crippen LogP contribution in [0.5, 0.6) is 5.88 Å². The van der Waals surface area contributed by atoms with Crippen LogP contribution in [0.1, 0.15) is 0 Å². The Kier molecular flexibility index (Phi) is 1.66. The second kappa shape index (κ2) is 2.82. The molecule has 2 aromatic rings. The van der Waals surface area contributed by atoms with Crippen LogP contribution in [0.4, 0.5) is 5.69 Å². The summed E-state index contributed by atoms with van der Waals surface area (Å²) in [6.07, 6.45) is 1.35. The first-order chi connectivity index (χ1) is 6.27. The van der Waals surface area contributed by atoms with E-state index in [1.807, 2.05) is 18.2 Å². The number of nitrogens with two attached hydrogens (primary N) is 1. The fourth-order valence-corrected chi connectivity index (χ4v) is 1.16. The molecule has 66 valence electrons. The van der Waals surface area contributed by atoms with Crippen LogP contribution in [0, 0.1) is 0 Å². The molecule has 0 aliphatic carbocycles. The van der Waals surface area contributed by atoms with Crippen LogP contribution < -0.4 is 5.73 Å². The van der Waals surface area contributed by atoms with E-state index in [1.165, 1.54) is 6.20 Å².